The number of ketones is 1. The Labute approximate surface area is 185 Å². The first kappa shape index (κ1) is 20.1. The number of carbonyl (C=O) groups is 1. The van der Waals surface area contributed by atoms with Crippen molar-refractivity contribution in [1.29, 1.82) is 0 Å². The van der Waals surface area contributed by atoms with Crippen molar-refractivity contribution in [2.45, 2.75) is 6.42 Å². The summed E-state index contributed by atoms with van der Waals surface area (Å²) in [5.41, 5.74) is 6.12. The zero-order valence-corrected chi connectivity index (χ0v) is 18.3. The van der Waals surface area contributed by atoms with Crippen LogP contribution in [0.1, 0.15) is 15.9 Å². The molecule has 0 amide bonds. The molecule has 0 unspecified atom stereocenters. The summed E-state index contributed by atoms with van der Waals surface area (Å²) in [5, 5.41) is 0. The number of nitrogens with zero attached hydrogens (tertiary/aromatic N) is 1. The Morgan fingerprint density at radius 2 is 1.40 bits per heavy atom. The topological polar surface area (TPSA) is 20.3 Å². The summed E-state index contributed by atoms with van der Waals surface area (Å²) in [6.07, 6.45) is 0.362. The molecule has 4 aromatic rings. The second kappa shape index (κ2) is 9.10. The van der Waals surface area contributed by atoms with E-state index in [0.717, 1.165) is 38.1 Å². The number of rotatable bonds is 6. The fourth-order valence-corrected chi connectivity index (χ4v) is 4.00. The number of anilines is 2. The molecule has 30 heavy (non-hydrogen) atoms. The zero-order chi connectivity index (χ0) is 20.9. The van der Waals surface area contributed by atoms with Gasteiger partial charge >= 0.3 is 0 Å². The Kier molecular flexibility index (Phi) is 6.10. The summed E-state index contributed by atoms with van der Waals surface area (Å²) in [5.74, 6) is 0.121. The fraction of sp³-hybridized carbons (Fsp3) is 0.0741. The van der Waals surface area contributed by atoms with Gasteiger partial charge < -0.3 is 4.90 Å². The molecule has 0 radical (unpaired) electrons. The summed E-state index contributed by atoms with van der Waals surface area (Å²) >= 11 is 3.63. The molecular weight excluding hydrogens is 434 g/mol. The molecule has 0 heterocycles. The molecule has 0 fully saturated rings. The minimum Gasteiger partial charge on any atom is -0.344 e. The summed E-state index contributed by atoms with van der Waals surface area (Å²) < 4.78 is 1.01. The van der Waals surface area contributed by atoms with Gasteiger partial charge in [0.15, 0.2) is 5.78 Å². The second-order valence-electron chi connectivity index (χ2n) is 7.18. The number of hydrogen-bond acceptors (Lipinski definition) is 2. The molecule has 2 nitrogen and oxygen atoms in total. The molecule has 4 rings (SSSR count). The van der Waals surface area contributed by atoms with Gasteiger partial charge in [0.25, 0.3) is 0 Å². The number of halogens is 1. The molecule has 3 heteroatoms. The highest BCUT2D eigenvalue weighted by Crippen LogP contribution is 2.38. The maximum atomic E-state index is 12.9. The van der Waals surface area contributed by atoms with Crippen LogP contribution in [0.3, 0.4) is 0 Å². The smallest absolute Gasteiger partial charge is 0.167 e. The van der Waals surface area contributed by atoms with Crippen LogP contribution in [-0.4, -0.2) is 12.8 Å². The van der Waals surface area contributed by atoms with E-state index in [0.29, 0.717) is 6.42 Å². The molecule has 148 valence electrons. The van der Waals surface area contributed by atoms with E-state index in [1.165, 1.54) is 0 Å². The standard InChI is InChI=1S/C27H22BrNO/c1-29(23-13-6-3-7-14-23)26-17-16-22(28)19-25(26)24-15-9-8-12-21(24)18-27(30)20-10-4-2-5-11-20/h2-17,19H,18H2,1H3. The first-order valence-electron chi connectivity index (χ1n) is 9.88. The van der Waals surface area contributed by atoms with Crippen LogP contribution in [0, 0.1) is 0 Å². The molecule has 0 atom stereocenters. The van der Waals surface area contributed by atoms with Crippen LogP contribution in [0.5, 0.6) is 0 Å². The van der Waals surface area contributed by atoms with Crippen molar-refractivity contribution in [3.05, 3.63) is 119 Å². The molecule has 0 aliphatic rings. The molecule has 0 saturated carbocycles. The van der Waals surface area contributed by atoms with Gasteiger partial charge in [0.1, 0.15) is 0 Å². The highest BCUT2D eigenvalue weighted by molar-refractivity contribution is 9.10. The van der Waals surface area contributed by atoms with Crippen LogP contribution in [0.15, 0.2) is 108 Å². The number of benzene rings is 4. The number of Topliss-reactive ketones (excluding diaryl/α,β-unsaturated/α-hetero) is 1. The summed E-state index contributed by atoms with van der Waals surface area (Å²) in [6, 6.07) is 34.2. The van der Waals surface area contributed by atoms with Crippen molar-refractivity contribution in [1.82, 2.24) is 0 Å². The van der Waals surface area contributed by atoms with E-state index in [9.17, 15) is 4.79 Å². The average Bonchev–Trinajstić information content (AvgIpc) is 2.80. The van der Waals surface area contributed by atoms with Crippen LogP contribution in [0.4, 0.5) is 11.4 Å². The van der Waals surface area contributed by atoms with Crippen LogP contribution in [-0.2, 0) is 6.42 Å². The third kappa shape index (κ3) is 4.37. The summed E-state index contributed by atoms with van der Waals surface area (Å²) in [6.45, 7) is 0. The first-order chi connectivity index (χ1) is 14.6. The molecular formula is C27H22BrNO. The van der Waals surface area contributed by atoms with Gasteiger partial charge in [0.05, 0.1) is 0 Å². The average molecular weight is 456 g/mol. The molecule has 0 spiro atoms. The van der Waals surface area contributed by atoms with E-state index in [2.05, 4.69) is 64.3 Å². The Balaban J connectivity index is 1.76. The zero-order valence-electron chi connectivity index (χ0n) is 16.8. The summed E-state index contributed by atoms with van der Waals surface area (Å²) in [7, 11) is 2.07. The van der Waals surface area contributed by atoms with E-state index >= 15 is 0 Å². The van der Waals surface area contributed by atoms with E-state index in [-0.39, 0.29) is 5.78 Å². The van der Waals surface area contributed by atoms with Gasteiger partial charge in [-0.1, -0.05) is 88.7 Å². The summed E-state index contributed by atoms with van der Waals surface area (Å²) in [4.78, 5) is 15.1. The van der Waals surface area contributed by atoms with Gasteiger partial charge in [-0.05, 0) is 41.5 Å². The number of carbonyl (C=O) groups excluding carboxylic acids is 1. The third-order valence-corrected chi connectivity index (χ3v) is 5.71. The quantitative estimate of drug-likeness (QED) is 0.284. The maximum absolute atomic E-state index is 12.9. The monoisotopic (exact) mass is 455 g/mol. The maximum Gasteiger partial charge on any atom is 0.167 e. The lowest BCUT2D eigenvalue weighted by molar-refractivity contribution is 0.0993. The van der Waals surface area contributed by atoms with Gasteiger partial charge in [-0.25, -0.2) is 0 Å². The lowest BCUT2D eigenvalue weighted by atomic mass is 9.93. The molecule has 0 N–H and O–H groups in total. The van der Waals surface area contributed by atoms with E-state index in [4.69, 9.17) is 0 Å². The van der Waals surface area contributed by atoms with E-state index in [1.54, 1.807) is 0 Å². The molecule has 0 saturated heterocycles. The van der Waals surface area contributed by atoms with Crippen LogP contribution < -0.4 is 4.90 Å². The van der Waals surface area contributed by atoms with Gasteiger partial charge in [-0.2, -0.15) is 0 Å². The van der Waals surface area contributed by atoms with Crippen molar-refractivity contribution < 1.29 is 4.79 Å². The van der Waals surface area contributed by atoms with Crippen molar-refractivity contribution in [2.75, 3.05) is 11.9 Å². The molecule has 4 aromatic carbocycles. The Hall–Kier alpha value is -3.17. The second-order valence-corrected chi connectivity index (χ2v) is 8.09. The predicted molar refractivity (Wildman–Crippen MR) is 129 cm³/mol. The van der Waals surface area contributed by atoms with Crippen LogP contribution in [0.25, 0.3) is 11.1 Å². The molecule has 0 aliphatic carbocycles. The normalized spacial score (nSPS) is 10.6. The van der Waals surface area contributed by atoms with Gasteiger partial charge in [0, 0.05) is 40.4 Å². The first-order valence-corrected chi connectivity index (χ1v) is 10.7. The van der Waals surface area contributed by atoms with Gasteiger partial charge in [-0.15, -0.1) is 0 Å². The number of hydrogen-bond donors (Lipinski definition) is 0. The third-order valence-electron chi connectivity index (χ3n) is 5.22. The SMILES string of the molecule is CN(c1ccccc1)c1ccc(Br)cc1-c1ccccc1CC(=O)c1ccccc1. The predicted octanol–water partition coefficient (Wildman–Crippen LogP) is 7.31. The van der Waals surface area contributed by atoms with Crippen LogP contribution >= 0.6 is 15.9 Å². The lowest BCUT2D eigenvalue weighted by Gasteiger charge is -2.24. The minimum absolute atomic E-state index is 0.121. The van der Waals surface area contributed by atoms with Crippen molar-refractivity contribution in [3.8, 4) is 11.1 Å². The van der Waals surface area contributed by atoms with Gasteiger partial charge in [-0.3, -0.25) is 4.79 Å². The Bertz CT molecular complexity index is 1160. The van der Waals surface area contributed by atoms with Crippen LogP contribution in [0.2, 0.25) is 0 Å². The largest absolute Gasteiger partial charge is 0.344 e. The Morgan fingerprint density at radius 1 is 0.767 bits per heavy atom. The lowest BCUT2D eigenvalue weighted by Crippen LogP contribution is -2.11. The number of para-hydroxylation sites is 1. The van der Waals surface area contributed by atoms with Crippen molar-refractivity contribution >= 4 is 33.1 Å². The van der Waals surface area contributed by atoms with Crippen molar-refractivity contribution in [3.63, 3.8) is 0 Å². The van der Waals surface area contributed by atoms with Crippen molar-refractivity contribution in [2.24, 2.45) is 0 Å². The Morgan fingerprint density at radius 3 is 2.13 bits per heavy atom. The fourth-order valence-electron chi connectivity index (χ4n) is 3.64. The molecule has 0 aliphatic heterocycles. The highest BCUT2D eigenvalue weighted by atomic mass is 79.9. The minimum atomic E-state index is 0.121. The van der Waals surface area contributed by atoms with E-state index in [1.807, 2.05) is 66.7 Å². The van der Waals surface area contributed by atoms with Gasteiger partial charge in [0.2, 0.25) is 0 Å². The highest BCUT2D eigenvalue weighted by Gasteiger charge is 2.16. The molecule has 0 aromatic heterocycles. The molecule has 0 bridgehead atoms. The van der Waals surface area contributed by atoms with E-state index < -0.39 is 0 Å².